The second-order valence-electron chi connectivity index (χ2n) is 12.5. The number of hydrogen-bond acceptors (Lipinski definition) is 9. The van der Waals surface area contributed by atoms with Crippen LogP contribution in [0.15, 0.2) is 126 Å². The predicted octanol–water partition coefficient (Wildman–Crippen LogP) is 11.2. The Bertz CT molecular complexity index is 1810. The lowest BCUT2D eigenvalue weighted by Gasteiger charge is -2.07. The number of rotatable bonds is 22. The molecule has 9 nitrogen and oxygen atoms in total. The van der Waals surface area contributed by atoms with Crippen LogP contribution in [0, 0.1) is 0 Å². The highest BCUT2D eigenvalue weighted by Crippen LogP contribution is 2.23. The van der Waals surface area contributed by atoms with Gasteiger partial charge in [-0.25, -0.2) is 9.59 Å². The minimum absolute atomic E-state index is 0.113. The van der Waals surface area contributed by atoms with Crippen LogP contribution in [0.2, 0.25) is 0 Å². The maximum Gasteiger partial charge on any atom is 0.343 e. The van der Waals surface area contributed by atoms with Gasteiger partial charge >= 0.3 is 11.9 Å². The fourth-order valence-corrected chi connectivity index (χ4v) is 4.94. The Kier molecular flexibility index (Phi) is 16.7. The van der Waals surface area contributed by atoms with Crippen molar-refractivity contribution in [3.8, 4) is 17.2 Å². The number of esters is 2. The summed E-state index contributed by atoms with van der Waals surface area (Å²) in [5.74, 6) is 0.943. The molecule has 9 heteroatoms. The number of carbonyl (C=O) groups is 3. The van der Waals surface area contributed by atoms with Crippen molar-refractivity contribution in [2.75, 3.05) is 19.8 Å². The number of azo groups is 1. The summed E-state index contributed by atoms with van der Waals surface area (Å²) in [6, 6.07) is 28.1. The molecule has 0 fully saturated rings. The molecule has 53 heavy (non-hydrogen) atoms. The lowest BCUT2D eigenvalue weighted by Crippen LogP contribution is -2.07. The fraction of sp³-hybridized carbons (Fsp3) is 0.295. The zero-order chi connectivity index (χ0) is 37.7. The molecule has 0 radical (unpaired) electrons. The van der Waals surface area contributed by atoms with E-state index in [-0.39, 0.29) is 11.8 Å². The highest BCUT2D eigenvalue weighted by atomic mass is 16.5. The maximum absolute atomic E-state index is 12.7. The fourth-order valence-electron chi connectivity index (χ4n) is 4.94. The van der Waals surface area contributed by atoms with Gasteiger partial charge in [0.15, 0.2) is 5.78 Å². The van der Waals surface area contributed by atoms with Crippen molar-refractivity contribution in [2.45, 2.75) is 65.2 Å². The minimum atomic E-state index is -0.500. The Labute approximate surface area is 312 Å². The topological polar surface area (TPSA) is 113 Å². The normalized spacial score (nSPS) is 11.1. The summed E-state index contributed by atoms with van der Waals surface area (Å²) in [6.07, 6.45) is 11.5. The smallest absolute Gasteiger partial charge is 0.343 e. The van der Waals surface area contributed by atoms with Crippen LogP contribution >= 0.6 is 0 Å². The number of benzene rings is 4. The van der Waals surface area contributed by atoms with E-state index in [4.69, 9.17) is 18.9 Å². The summed E-state index contributed by atoms with van der Waals surface area (Å²) in [6.45, 7) is 9.07. The second kappa shape index (κ2) is 22.2. The Hall–Kier alpha value is -5.83. The summed E-state index contributed by atoms with van der Waals surface area (Å²) < 4.78 is 22.2. The highest BCUT2D eigenvalue weighted by molar-refractivity contribution is 6.06. The van der Waals surface area contributed by atoms with Crippen molar-refractivity contribution >= 4 is 35.2 Å². The van der Waals surface area contributed by atoms with Crippen molar-refractivity contribution in [1.82, 2.24) is 0 Å². The lowest BCUT2D eigenvalue weighted by molar-refractivity contribution is -0.139. The number of unbranched alkanes of at least 4 members (excludes halogenated alkanes) is 6. The summed E-state index contributed by atoms with van der Waals surface area (Å²) in [5.41, 5.74) is 3.42. The summed E-state index contributed by atoms with van der Waals surface area (Å²) in [7, 11) is 0. The first-order chi connectivity index (χ1) is 25.8. The minimum Gasteiger partial charge on any atom is -0.494 e. The molecule has 0 bridgehead atoms. The quantitative estimate of drug-likeness (QED) is 0.0199. The van der Waals surface area contributed by atoms with E-state index >= 15 is 0 Å². The third kappa shape index (κ3) is 14.7. The maximum atomic E-state index is 12.7. The number of carbonyl (C=O) groups excluding carboxylic acids is 3. The molecule has 4 aromatic rings. The molecule has 4 aromatic carbocycles. The number of ether oxygens (including phenoxy) is 4. The first-order valence-corrected chi connectivity index (χ1v) is 18.2. The van der Waals surface area contributed by atoms with Crippen LogP contribution in [0.3, 0.4) is 0 Å². The first kappa shape index (κ1) is 39.9. The average Bonchev–Trinajstić information content (AvgIpc) is 3.18. The van der Waals surface area contributed by atoms with Crippen molar-refractivity contribution in [3.05, 3.63) is 132 Å². The average molecular weight is 717 g/mol. The van der Waals surface area contributed by atoms with Gasteiger partial charge in [-0.05, 0) is 136 Å². The van der Waals surface area contributed by atoms with Crippen molar-refractivity contribution in [1.29, 1.82) is 0 Å². The summed E-state index contributed by atoms with van der Waals surface area (Å²) in [5, 5.41) is 8.54. The zero-order valence-electron chi connectivity index (χ0n) is 30.6. The van der Waals surface area contributed by atoms with Crippen molar-refractivity contribution < 1.29 is 33.3 Å². The largest absolute Gasteiger partial charge is 0.494 e. The van der Waals surface area contributed by atoms with Crippen LogP contribution in [0.1, 0.15) is 91.5 Å². The third-order valence-electron chi connectivity index (χ3n) is 8.03. The van der Waals surface area contributed by atoms with Crippen LogP contribution in [0.5, 0.6) is 17.2 Å². The molecule has 0 N–H and O–H groups in total. The van der Waals surface area contributed by atoms with E-state index in [1.807, 2.05) is 36.4 Å². The Balaban J connectivity index is 1.15. The van der Waals surface area contributed by atoms with E-state index in [1.165, 1.54) is 18.9 Å². The van der Waals surface area contributed by atoms with Crippen LogP contribution in [-0.4, -0.2) is 37.5 Å². The molecule has 4 rings (SSSR count). The zero-order valence-corrected chi connectivity index (χ0v) is 30.6. The Morgan fingerprint density at radius 3 is 1.66 bits per heavy atom. The van der Waals surface area contributed by atoms with Crippen LogP contribution < -0.4 is 14.2 Å². The molecule has 0 aromatic heterocycles. The predicted molar refractivity (Wildman–Crippen MR) is 208 cm³/mol. The van der Waals surface area contributed by atoms with Gasteiger partial charge in [0, 0.05) is 11.1 Å². The number of ketones is 1. The summed E-state index contributed by atoms with van der Waals surface area (Å²) >= 11 is 0. The molecule has 0 saturated heterocycles. The second-order valence-corrected chi connectivity index (χ2v) is 12.5. The molecule has 0 aliphatic rings. The van der Waals surface area contributed by atoms with Crippen molar-refractivity contribution in [3.63, 3.8) is 0 Å². The molecule has 0 heterocycles. The van der Waals surface area contributed by atoms with Gasteiger partial charge in [0.25, 0.3) is 0 Å². The first-order valence-electron chi connectivity index (χ1n) is 18.2. The van der Waals surface area contributed by atoms with Gasteiger partial charge in [0.05, 0.1) is 36.8 Å². The SMILES string of the molecule is C=C(C)C(=O)OCCCCCCOc1ccc(N=Nc2ccc(C(=O)Oc3ccc(/C=C/C(=O)c4ccc(OCCCCCC)cc4)cc3)cc2)cc1. The van der Waals surface area contributed by atoms with E-state index < -0.39 is 5.97 Å². The van der Waals surface area contributed by atoms with E-state index in [0.29, 0.717) is 53.6 Å². The molecule has 0 aliphatic carbocycles. The van der Waals surface area contributed by atoms with E-state index in [9.17, 15) is 14.4 Å². The monoisotopic (exact) mass is 716 g/mol. The number of nitrogens with zero attached hydrogens (tertiary/aromatic N) is 2. The van der Waals surface area contributed by atoms with E-state index in [0.717, 1.165) is 55.6 Å². The van der Waals surface area contributed by atoms with Crippen LogP contribution in [-0.2, 0) is 9.53 Å². The van der Waals surface area contributed by atoms with Gasteiger partial charge in [-0.1, -0.05) is 51.0 Å². The van der Waals surface area contributed by atoms with Crippen LogP contribution in [0.25, 0.3) is 6.08 Å². The van der Waals surface area contributed by atoms with Gasteiger partial charge < -0.3 is 18.9 Å². The molecular formula is C44H48N2O7. The van der Waals surface area contributed by atoms with Crippen molar-refractivity contribution in [2.24, 2.45) is 10.2 Å². The van der Waals surface area contributed by atoms with Gasteiger partial charge in [0.1, 0.15) is 17.2 Å². The molecular weight excluding hydrogens is 668 g/mol. The molecule has 0 spiro atoms. The molecule has 276 valence electrons. The molecule has 0 aliphatic heterocycles. The van der Waals surface area contributed by atoms with Crippen LogP contribution in [0.4, 0.5) is 11.4 Å². The number of hydrogen-bond donors (Lipinski definition) is 0. The molecule has 0 atom stereocenters. The third-order valence-corrected chi connectivity index (χ3v) is 8.03. The highest BCUT2D eigenvalue weighted by Gasteiger charge is 2.09. The van der Waals surface area contributed by atoms with Gasteiger partial charge in [0.2, 0.25) is 0 Å². The molecule has 0 amide bonds. The Morgan fingerprint density at radius 1 is 0.604 bits per heavy atom. The lowest BCUT2D eigenvalue weighted by atomic mass is 10.1. The molecule has 0 unspecified atom stereocenters. The summed E-state index contributed by atoms with van der Waals surface area (Å²) in [4.78, 5) is 36.8. The van der Waals surface area contributed by atoms with Gasteiger partial charge in [-0.3, -0.25) is 4.79 Å². The Morgan fingerprint density at radius 2 is 1.09 bits per heavy atom. The standard InChI is InChI=1S/C44H48N2O7/c1-4-5-6-9-30-50-39-25-17-35(18-26-39)42(47)29-14-34-12-23-41(24-13-34)53-44(49)36-15-19-37(20-16-36)45-46-38-21-27-40(28-22-38)51-31-10-7-8-11-32-52-43(48)33(2)3/h12-29H,2,4-11,30-32H2,1,3H3/b29-14+,46-45?. The number of allylic oxidation sites excluding steroid dienone is 1. The van der Waals surface area contributed by atoms with E-state index in [1.54, 1.807) is 73.7 Å². The van der Waals surface area contributed by atoms with Gasteiger partial charge in [-0.2, -0.15) is 10.2 Å². The molecule has 0 saturated carbocycles. The van der Waals surface area contributed by atoms with Gasteiger partial charge in [-0.15, -0.1) is 0 Å². The van der Waals surface area contributed by atoms with E-state index in [2.05, 4.69) is 23.7 Å².